The molecule has 0 radical (unpaired) electrons. The number of nitrogens with one attached hydrogen (secondary N) is 1. The summed E-state index contributed by atoms with van der Waals surface area (Å²) in [6.07, 6.45) is 0.701. The van der Waals surface area contributed by atoms with E-state index in [9.17, 15) is 9.59 Å². The van der Waals surface area contributed by atoms with Gasteiger partial charge in [-0.2, -0.15) is 0 Å². The Bertz CT molecular complexity index is 1060. The summed E-state index contributed by atoms with van der Waals surface area (Å²) in [5.74, 6) is 0.694. The second kappa shape index (κ2) is 10.2. The molecule has 0 aliphatic carbocycles. The Morgan fingerprint density at radius 2 is 2.00 bits per heavy atom. The van der Waals surface area contributed by atoms with Gasteiger partial charge in [0, 0.05) is 0 Å². The van der Waals surface area contributed by atoms with Gasteiger partial charge in [0.05, 0.1) is 0 Å². The van der Waals surface area contributed by atoms with Gasteiger partial charge in [0.2, 0.25) is 0 Å². The summed E-state index contributed by atoms with van der Waals surface area (Å²) < 4.78 is 8.47. The van der Waals surface area contributed by atoms with Crippen molar-refractivity contribution >= 4 is 58.0 Å². The van der Waals surface area contributed by atoms with Crippen molar-refractivity contribution in [2.45, 2.75) is 25.6 Å². The number of ether oxygens (including phenoxy) is 1. The normalized spacial score (nSPS) is 11.7. The van der Waals surface area contributed by atoms with Crippen molar-refractivity contribution < 1.29 is 9.53 Å². The summed E-state index contributed by atoms with van der Waals surface area (Å²) >= 11 is 1.18. The molecule has 0 aliphatic heterocycles. The summed E-state index contributed by atoms with van der Waals surface area (Å²) in [4.78, 5) is 26.7. The first-order valence-electron chi connectivity index (χ1n) is 9.82. The number of hydrogen-bond acceptors (Lipinski definition) is 5. The number of carbonyl (C=O) groups excluding carboxylic acids is 1. The van der Waals surface area contributed by atoms with Gasteiger partial charge in [-0.15, -0.1) is 0 Å². The quantitative estimate of drug-likeness (QED) is 0.279. The van der Waals surface area contributed by atoms with E-state index >= 15 is 0 Å². The van der Waals surface area contributed by atoms with Crippen molar-refractivity contribution in [2.75, 3.05) is 26.7 Å². The maximum atomic E-state index is 13.5. The Morgan fingerprint density at radius 1 is 1.21 bits per heavy atom. The van der Waals surface area contributed by atoms with Crippen LogP contribution in [0.1, 0.15) is 19.4 Å². The molecule has 0 aliphatic rings. The molecule has 1 aromatic heterocycles. The zero-order chi connectivity index (χ0) is 20.8. The van der Waals surface area contributed by atoms with Crippen LogP contribution in [0, 0.1) is 0 Å². The summed E-state index contributed by atoms with van der Waals surface area (Å²) in [6, 6.07) is 9.84. The zero-order valence-corrected chi connectivity index (χ0v) is 20.0. The molecule has 0 saturated carbocycles. The first kappa shape index (κ1) is 21.8. The molecule has 0 saturated heterocycles. The third-order valence-corrected chi connectivity index (χ3v) is 9.04. The van der Waals surface area contributed by atoms with Crippen molar-refractivity contribution in [1.29, 1.82) is 0 Å². The molecule has 2 aromatic carbocycles. The number of hydrogen-bond donors (Lipinski definition) is 1. The Balaban J connectivity index is 2.11. The molecule has 154 valence electrons. The van der Waals surface area contributed by atoms with Gasteiger partial charge >= 0.3 is 182 Å². The number of methoxy groups -OCH3 is 1. The van der Waals surface area contributed by atoms with E-state index in [0.717, 1.165) is 45.2 Å². The molecule has 0 spiro atoms. The van der Waals surface area contributed by atoms with Crippen molar-refractivity contribution in [2.24, 2.45) is 0 Å². The molecule has 1 N–H and O–H groups in total. The van der Waals surface area contributed by atoms with Gasteiger partial charge in [-0.25, -0.2) is 0 Å². The van der Waals surface area contributed by atoms with Crippen LogP contribution in [0.3, 0.4) is 0 Å². The van der Waals surface area contributed by atoms with Gasteiger partial charge in [0.1, 0.15) is 0 Å². The SMILES string of the molecule is CCN(CC)CC[AsH]c1ccc(CNC=O)c2sc3ccc(OC)cc3c(=O)c12. The van der Waals surface area contributed by atoms with Crippen LogP contribution in [0.15, 0.2) is 35.1 Å². The predicted molar refractivity (Wildman–Crippen MR) is 124 cm³/mol. The zero-order valence-electron chi connectivity index (χ0n) is 17.1. The molecule has 7 heteroatoms. The van der Waals surface area contributed by atoms with Crippen LogP contribution in [0.5, 0.6) is 5.75 Å². The van der Waals surface area contributed by atoms with E-state index in [0.29, 0.717) is 24.1 Å². The first-order valence-corrected chi connectivity index (χ1v) is 13.2. The van der Waals surface area contributed by atoms with Crippen LogP contribution in [0.4, 0.5) is 0 Å². The number of rotatable bonds is 10. The van der Waals surface area contributed by atoms with Crippen LogP contribution in [-0.2, 0) is 11.3 Å². The average Bonchev–Trinajstić information content (AvgIpc) is 2.75. The minimum atomic E-state index is -0.445. The minimum absolute atomic E-state index is 0.0715. The van der Waals surface area contributed by atoms with E-state index < -0.39 is 15.8 Å². The third-order valence-electron chi connectivity index (χ3n) is 5.12. The maximum absolute atomic E-state index is 13.5. The molecule has 1 unspecified atom stereocenters. The Morgan fingerprint density at radius 3 is 2.69 bits per heavy atom. The average molecular weight is 474 g/mol. The fraction of sp³-hybridized carbons (Fsp3) is 0.364. The molecule has 0 bridgehead atoms. The van der Waals surface area contributed by atoms with Crippen LogP contribution < -0.4 is 19.8 Å². The molecular formula is C22H27AsN2O3S. The fourth-order valence-electron chi connectivity index (χ4n) is 3.44. The summed E-state index contributed by atoms with van der Waals surface area (Å²) in [7, 11) is 1.62. The summed E-state index contributed by atoms with van der Waals surface area (Å²) in [6.45, 7) is 7.98. The van der Waals surface area contributed by atoms with Crippen LogP contribution >= 0.6 is 11.3 Å². The van der Waals surface area contributed by atoms with Crippen molar-refractivity contribution in [3.8, 4) is 5.75 Å². The Labute approximate surface area is 181 Å². The monoisotopic (exact) mass is 474 g/mol. The number of amides is 1. The van der Waals surface area contributed by atoms with E-state index in [-0.39, 0.29) is 5.43 Å². The van der Waals surface area contributed by atoms with E-state index in [2.05, 4.69) is 36.2 Å². The van der Waals surface area contributed by atoms with E-state index in [1.807, 2.05) is 18.2 Å². The predicted octanol–water partition coefficient (Wildman–Crippen LogP) is 2.49. The molecule has 1 atom stereocenters. The van der Waals surface area contributed by atoms with Crippen LogP contribution in [-0.4, -0.2) is 53.8 Å². The van der Waals surface area contributed by atoms with Crippen molar-refractivity contribution in [1.82, 2.24) is 10.2 Å². The Hall–Kier alpha value is -1.88. The molecule has 3 rings (SSSR count). The summed E-state index contributed by atoms with van der Waals surface area (Å²) in [5, 5.41) is 5.41. The molecule has 0 fully saturated rings. The van der Waals surface area contributed by atoms with E-state index in [1.165, 1.54) is 4.35 Å². The molecule has 29 heavy (non-hydrogen) atoms. The second-order valence-corrected chi connectivity index (χ2v) is 10.7. The fourth-order valence-corrected chi connectivity index (χ4v) is 7.58. The molecule has 3 aromatic rings. The molecule has 1 heterocycles. The van der Waals surface area contributed by atoms with E-state index in [4.69, 9.17) is 4.74 Å². The number of fused-ring (bicyclic) bond motifs is 2. The first-order chi connectivity index (χ1) is 14.1. The van der Waals surface area contributed by atoms with Gasteiger partial charge in [0.15, 0.2) is 0 Å². The standard InChI is InChI=1S/C22H27AsN2O3S/c1-4-25(5-2)11-10-23-18-8-6-15(13-24-14-26)22-20(18)21(27)17-12-16(28-3)7-9-19(17)29-22/h6-9,12,14,23H,4-5,10-11,13H2,1-3H3,(H,24,26). The van der Waals surface area contributed by atoms with Crippen LogP contribution in [0.2, 0.25) is 5.21 Å². The molecule has 1 amide bonds. The number of benzene rings is 2. The van der Waals surface area contributed by atoms with Crippen LogP contribution in [0.25, 0.3) is 20.2 Å². The van der Waals surface area contributed by atoms with Gasteiger partial charge in [-0.1, -0.05) is 0 Å². The number of nitrogens with zero attached hydrogens (tertiary/aromatic N) is 1. The third kappa shape index (κ3) is 4.82. The number of carbonyl (C=O) groups is 1. The van der Waals surface area contributed by atoms with Gasteiger partial charge in [-0.05, 0) is 0 Å². The van der Waals surface area contributed by atoms with Gasteiger partial charge < -0.3 is 0 Å². The Kier molecular flexibility index (Phi) is 7.70. The summed E-state index contributed by atoms with van der Waals surface area (Å²) in [5.41, 5.74) is 1.06. The van der Waals surface area contributed by atoms with Gasteiger partial charge in [0.25, 0.3) is 0 Å². The molecular weight excluding hydrogens is 447 g/mol. The topological polar surface area (TPSA) is 58.6 Å². The van der Waals surface area contributed by atoms with Crippen molar-refractivity contribution in [3.05, 3.63) is 46.1 Å². The van der Waals surface area contributed by atoms with Crippen molar-refractivity contribution in [3.63, 3.8) is 0 Å². The molecule has 5 nitrogen and oxygen atoms in total. The van der Waals surface area contributed by atoms with Gasteiger partial charge in [-0.3, -0.25) is 0 Å². The van der Waals surface area contributed by atoms with E-state index in [1.54, 1.807) is 18.4 Å². The second-order valence-electron chi connectivity index (χ2n) is 6.72.